The molecule has 25 heavy (non-hydrogen) atoms. The number of hydrogen-bond acceptors (Lipinski definition) is 3. The van der Waals surface area contributed by atoms with Gasteiger partial charge in [-0.25, -0.2) is 0 Å². The Morgan fingerprint density at radius 3 is 2.68 bits per heavy atom. The fourth-order valence-corrected chi connectivity index (χ4v) is 3.57. The van der Waals surface area contributed by atoms with Gasteiger partial charge in [-0.3, -0.25) is 9.59 Å². The Bertz CT molecular complexity index is 750. The van der Waals surface area contributed by atoms with Gasteiger partial charge in [0.25, 0.3) is 5.91 Å². The van der Waals surface area contributed by atoms with Crippen molar-refractivity contribution in [2.75, 3.05) is 6.54 Å². The molecule has 0 bridgehead atoms. The van der Waals surface area contributed by atoms with E-state index in [9.17, 15) is 9.59 Å². The molecule has 0 radical (unpaired) electrons. The lowest BCUT2D eigenvalue weighted by molar-refractivity contribution is -0.136. The van der Waals surface area contributed by atoms with Crippen molar-refractivity contribution in [3.63, 3.8) is 0 Å². The molecule has 5 nitrogen and oxygen atoms in total. The molecule has 1 aromatic heterocycles. The lowest BCUT2D eigenvalue weighted by Crippen LogP contribution is -2.35. The first-order valence-electron chi connectivity index (χ1n) is 8.72. The molecule has 1 amide bonds. The highest BCUT2D eigenvalue weighted by molar-refractivity contribution is 5.97. The molecule has 0 saturated carbocycles. The molecule has 1 aromatic carbocycles. The summed E-state index contributed by atoms with van der Waals surface area (Å²) in [6.07, 6.45) is 5.25. The highest BCUT2D eigenvalue weighted by Gasteiger charge is 2.31. The second-order valence-electron chi connectivity index (χ2n) is 6.56. The van der Waals surface area contributed by atoms with Crippen LogP contribution in [0.4, 0.5) is 0 Å². The van der Waals surface area contributed by atoms with E-state index in [2.05, 4.69) is 12.1 Å². The van der Waals surface area contributed by atoms with Gasteiger partial charge in [0.15, 0.2) is 0 Å². The van der Waals surface area contributed by atoms with Gasteiger partial charge in [-0.05, 0) is 25.3 Å². The van der Waals surface area contributed by atoms with E-state index in [1.165, 1.54) is 6.26 Å². The number of hydrogen-bond donors (Lipinski definition) is 1. The second kappa shape index (κ2) is 7.55. The number of benzene rings is 1. The quantitative estimate of drug-likeness (QED) is 0.913. The fourth-order valence-electron chi connectivity index (χ4n) is 3.57. The van der Waals surface area contributed by atoms with E-state index in [-0.39, 0.29) is 24.1 Å². The molecular formula is C20H23NO4. The van der Waals surface area contributed by atoms with Crippen molar-refractivity contribution in [2.45, 2.75) is 45.1 Å². The maximum absolute atomic E-state index is 13.3. The number of carbonyl (C=O) groups excluding carboxylic acids is 1. The van der Waals surface area contributed by atoms with Gasteiger partial charge in [0, 0.05) is 12.1 Å². The van der Waals surface area contributed by atoms with Gasteiger partial charge in [-0.15, -0.1) is 0 Å². The molecule has 5 heteroatoms. The summed E-state index contributed by atoms with van der Waals surface area (Å²) in [4.78, 5) is 26.3. The van der Waals surface area contributed by atoms with Gasteiger partial charge >= 0.3 is 5.97 Å². The van der Waals surface area contributed by atoms with E-state index in [0.29, 0.717) is 17.7 Å². The molecule has 0 aliphatic carbocycles. The first-order valence-corrected chi connectivity index (χ1v) is 8.72. The van der Waals surface area contributed by atoms with Gasteiger partial charge < -0.3 is 14.4 Å². The van der Waals surface area contributed by atoms with Crippen molar-refractivity contribution in [3.8, 4) is 0 Å². The van der Waals surface area contributed by atoms with E-state index in [4.69, 9.17) is 9.52 Å². The average molecular weight is 341 g/mol. The molecule has 1 atom stereocenters. The van der Waals surface area contributed by atoms with Crippen LogP contribution in [-0.4, -0.2) is 28.4 Å². The molecule has 1 fully saturated rings. The third-order valence-electron chi connectivity index (χ3n) is 4.77. The molecule has 1 aliphatic heterocycles. The van der Waals surface area contributed by atoms with Crippen LogP contribution in [0.2, 0.25) is 0 Å². The molecule has 1 unspecified atom stereocenters. The number of furan rings is 1. The number of carboxylic acid groups (broad SMARTS) is 1. The summed E-state index contributed by atoms with van der Waals surface area (Å²) in [5.74, 6) is -0.886. The maximum atomic E-state index is 13.3. The molecule has 1 N–H and O–H groups in total. The number of rotatable bonds is 4. The smallest absolute Gasteiger partial charge is 0.311 e. The fraction of sp³-hybridized carbons (Fsp3) is 0.400. The second-order valence-corrected chi connectivity index (χ2v) is 6.56. The summed E-state index contributed by atoms with van der Waals surface area (Å²) in [5.41, 5.74) is 2.22. The van der Waals surface area contributed by atoms with Gasteiger partial charge in [0.1, 0.15) is 12.2 Å². The molecule has 1 saturated heterocycles. The van der Waals surface area contributed by atoms with Crippen LogP contribution in [0.3, 0.4) is 0 Å². The summed E-state index contributed by atoms with van der Waals surface area (Å²) in [5, 5.41) is 9.08. The highest BCUT2D eigenvalue weighted by Crippen LogP contribution is 2.32. The molecule has 2 heterocycles. The summed E-state index contributed by atoms with van der Waals surface area (Å²) >= 11 is 0. The average Bonchev–Trinajstić information content (AvgIpc) is 2.82. The predicted molar refractivity (Wildman–Crippen MR) is 93.5 cm³/mol. The van der Waals surface area contributed by atoms with Gasteiger partial charge in [0.2, 0.25) is 0 Å². The lowest BCUT2D eigenvalue weighted by Gasteiger charge is -2.30. The zero-order valence-corrected chi connectivity index (χ0v) is 14.4. The molecular weight excluding hydrogens is 318 g/mol. The Hall–Kier alpha value is -2.56. The van der Waals surface area contributed by atoms with Crippen molar-refractivity contribution in [1.82, 2.24) is 4.90 Å². The SMILES string of the molecule is Cc1coc(CC(=O)O)c1C(=O)N1CCCCCC1c1ccccc1. The van der Waals surface area contributed by atoms with Crippen LogP contribution < -0.4 is 0 Å². The Labute approximate surface area is 147 Å². The molecule has 0 spiro atoms. The monoisotopic (exact) mass is 341 g/mol. The molecule has 2 aromatic rings. The third-order valence-corrected chi connectivity index (χ3v) is 4.77. The zero-order valence-electron chi connectivity index (χ0n) is 14.4. The van der Waals surface area contributed by atoms with Crippen LogP contribution >= 0.6 is 0 Å². The third kappa shape index (κ3) is 3.76. The van der Waals surface area contributed by atoms with Crippen LogP contribution in [-0.2, 0) is 11.2 Å². The number of carbonyl (C=O) groups is 2. The normalized spacial score (nSPS) is 18.0. The molecule has 3 rings (SSSR count). The van der Waals surface area contributed by atoms with Crippen molar-refractivity contribution < 1.29 is 19.1 Å². The molecule has 132 valence electrons. The minimum atomic E-state index is -1.00. The standard InChI is InChI=1S/C20H23NO4/c1-14-13-25-17(12-18(22)23)19(14)20(24)21-11-7-3-6-10-16(21)15-8-4-2-5-9-15/h2,4-5,8-9,13,16H,3,6-7,10-12H2,1H3,(H,22,23). The first kappa shape index (κ1) is 17.3. The number of aliphatic carboxylic acids is 1. The van der Waals surface area contributed by atoms with E-state index in [1.807, 2.05) is 23.1 Å². The number of nitrogens with zero attached hydrogens (tertiary/aromatic N) is 1. The van der Waals surface area contributed by atoms with E-state index in [0.717, 1.165) is 31.2 Å². The van der Waals surface area contributed by atoms with Crippen LogP contribution in [0.1, 0.15) is 59.0 Å². The van der Waals surface area contributed by atoms with Crippen LogP contribution in [0.25, 0.3) is 0 Å². The highest BCUT2D eigenvalue weighted by atomic mass is 16.4. The first-order chi connectivity index (χ1) is 12.1. The minimum absolute atomic E-state index is 0.0168. The lowest BCUT2D eigenvalue weighted by atomic mass is 9.99. The zero-order chi connectivity index (χ0) is 17.8. The predicted octanol–water partition coefficient (Wildman–Crippen LogP) is 3.97. The Morgan fingerprint density at radius 2 is 1.96 bits per heavy atom. The van der Waals surface area contributed by atoms with Gasteiger partial charge in [-0.1, -0.05) is 43.2 Å². The van der Waals surface area contributed by atoms with Crippen LogP contribution in [0.15, 0.2) is 41.0 Å². The Kier molecular flexibility index (Phi) is 5.22. The van der Waals surface area contributed by atoms with Crippen LogP contribution in [0, 0.1) is 6.92 Å². The minimum Gasteiger partial charge on any atom is -0.481 e. The van der Waals surface area contributed by atoms with E-state index >= 15 is 0 Å². The van der Waals surface area contributed by atoms with Crippen LogP contribution in [0.5, 0.6) is 0 Å². The van der Waals surface area contributed by atoms with Gasteiger partial charge in [-0.2, -0.15) is 0 Å². The molecule has 1 aliphatic rings. The number of amides is 1. The maximum Gasteiger partial charge on any atom is 0.311 e. The topological polar surface area (TPSA) is 70.7 Å². The van der Waals surface area contributed by atoms with Crippen molar-refractivity contribution in [1.29, 1.82) is 0 Å². The Balaban J connectivity index is 1.96. The van der Waals surface area contributed by atoms with Gasteiger partial charge in [0.05, 0.1) is 17.9 Å². The van der Waals surface area contributed by atoms with Crippen molar-refractivity contribution in [2.24, 2.45) is 0 Å². The van der Waals surface area contributed by atoms with Crippen molar-refractivity contribution >= 4 is 11.9 Å². The number of likely N-dealkylation sites (tertiary alicyclic amines) is 1. The Morgan fingerprint density at radius 1 is 1.20 bits per heavy atom. The van der Waals surface area contributed by atoms with E-state index < -0.39 is 5.97 Å². The largest absolute Gasteiger partial charge is 0.481 e. The summed E-state index contributed by atoms with van der Waals surface area (Å²) < 4.78 is 5.36. The summed E-state index contributed by atoms with van der Waals surface area (Å²) in [6.45, 7) is 2.47. The van der Waals surface area contributed by atoms with Crippen molar-refractivity contribution in [3.05, 3.63) is 59.0 Å². The number of carboxylic acids is 1. The number of aryl methyl sites for hydroxylation is 1. The summed E-state index contributed by atoms with van der Waals surface area (Å²) in [7, 11) is 0. The van der Waals surface area contributed by atoms with E-state index in [1.54, 1.807) is 6.92 Å². The summed E-state index contributed by atoms with van der Waals surface area (Å²) in [6, 6.07) is 10.1.